The largest absolute Gasteiger partial charge is 0.481 e. The molecule has 2 unspecified atom stereocenters. The van der Waals surface area contributed by atoms with E-state index < -0.39 is 11.4 Å². The second-order valence-electron chi connectivity index (χ2n) is 4.90. The maximum atomic E-state index is 11.9. The molecule has 0 saturated carbocycles. The van der Waals surface area contributed by atoms with Crippen LogP contribution in [0.25, 0.3) is 0 Å². The van der Waals surface area contributed by atoms with Gasteiger partial charge < -0.3 is 16.2 Å². The molecular weight excluding hydrogens is 232 g/mol. The third-order valence-electron chi connectivity index (χ3n) is 3.86. The minimum Gasteiger partial charge on any atom is -0.481 e. The summed E-state index contributed by atoms with van der Waals surface area (Å²) in [4.78, 5) is 23.2. The first-order valence-corrected chi connectivity index (χ1v) is 6.40. The zero-order valence-electron chi connectivity index (χ0n) is 11.0. The molecule has 0 spiro atoms. The topological polar surface area (TPSA) is 92.4 Å². The number of carbonyl (C=O) groups is 2. The van der Waals surface area contributed by atoms with Crippen LogP contribution in [0.15, 0.2) is 12.2 Å². The number of carbonyl (C=O) groups excluding carboxylic acids is 1. The molecule has 5 nitrogen and oxygen atoms in total. The van der Waals surface area contributed by atoms with Crippen molar-refractivity contribution in [2.45, 2.75) is 39.2 Å². The zero-order chi connectivity index (χ0) is 13.8. The summed E-state index contributed by atoms with van der Waals surface area (Å²) >= 11 is 0. The SMILES string of the molecule is CCC(CC)(CNC(=O)C1C=CC(N)C1)C(=O)O. The number of hydrogen-bond acceptors (Lipinski definition) is 3. The van der Waals surface area contributed by atoms with Crippen LogP contribution in [0.2, 0.25) is 0 Å². The van der Waals surface area contributed by atoms with Crippen LogP contribution in [0, 0.1) is 11.3 Å². The Balaban J connectivity index is 2.55. The van der Waals surface area contributed by atoms with E-state index in [4.69, 9.17) is 5.73 Å². The van der Waals surface area contributed by atoms with E-state index in [0.717, 1.165) is 0 Å². The molecule has 0 fully saturated rings. The summed E-state index contributed by atoms with van der Waals surface area (Å²) in [6.45, 7) is 3.83. The maximum Gasteiger partial charge on any atom is 0.311 e. The first kappa shape index (κ1) is 14.7. The molecule has 1 aliphatic rings. The molecule has 1 amide bonds. The average molecular weight is 254 g/mol. The number of nitrogens with one attached hydrogen (secondary N) is 1. The fourth-order valence-corrected chi connectivity index (χ4v) is 2.19. The maximum absolute atomic E-state index is 11.9. The van der Waals surface area contributed by atoms with E-state index in [1.165, 1.54) is 0 Å². The predicted octanol–water partition coefficient (Wildman–Crippen LogP) is 0.897. The van der Waals surface area contributed by atoms with Gasteiger partial charge in [-0.1, -0.05) is 26.0 Å². The second-order valence-corrected chi connectivity index (χ2v) is 4.90. The van der Waals surface area contributed by atoms with Crippen LogP contribution in [0.3, 0.4) is 0 Å². The van der Waals surface area contributed by atoms with Crippen molar-refractivity contribution in [3.8, 4) is 0 Å². The molecule has 0 bridgehead atoms. The second kappa shape index (κ2) is 6.00. The molecule has 0 heterocycles. The molecule has 5 heteroatoms. The quantitative estimate of drug-likeness (QED) is 0.614. The average Bonchev–Trinajstić information content (AvgIpc) is 2.77. The van der Waals surface area contributed by atoms with Gasteiger partial charge in [-0.05, 0) is 19.3 Å². The molecule has 0 aromatic rings. The Morgan fingerprint density at radius 3 is 2.39 bits per heavy atom. The van der Waals surface area contributed by atoms with Crippen molar-refractivity contribution in [1.29, 1.82) is 0 Å². The van der Waals surface area contributed by atoms with Gasteiger partial charge in [-0.3, -0.25) is 9.59 Å². The molecule has 0 aromatic heterocycles. The van der Waals surface area contributed by atoms with Gasteiger partial charge in [0.1, 0.15) is 0 Å². The summed E-state index contributed by atoms with van der Waals surface area (Å²) < 4.78 is 0. The van der Waals surface area contributed by atoms with E-state index in [-0.39, 0.29) is 24.4 Å². The Kier molecular flexibility index (Phi) is 4.90. The van der Waals surface area contributed by atoms with Crippen LogP contribution < -0.4 is 11.1 Å². The van der Waals surface area contributed by atoms with Crippen LogP contribution in [-0.4, -0.2) is 29.6 Å². The lowest BCUT2D eigenvalue weighted by Gasteiger charge is -2.27. The number of aliphatic carboxylic acids is 1. The number of nitrogens with two attached hydrogens (primary N) is 1. The Hall–Kier alpha value is -1.36. The highest BCUT2D eigenvalue weighted by atomic mass is 16.4. The lowest BCUT2D eigenvalue weighted by Crippen LogP contribution is -2.44. The number of carboxylic acid groups (broad SMARTS) is 1. The number of rotatable bonds is 6. The normalized spacial score (nSPS) is 23.1. The molecule has 0 saturated heterocycles. The molecule has 2 atom stereocenters. The van der Waals surface area contributed by atoms with Gasteiger partial charge in [0.25, 0.3) is 0 Å². The van der Waals surface area contributed by atoms with Crippen LogP contribution >= 0.6 is 0 Å². The van der Waals surface area contributed by atoms with Gasteiger partial charge in [0.05, 0.1) is 11.3 Å². The van der Waals surface area contributed by atoms with Crippen molar-refractivity contribution in [1.82, 2.24) is 5.32 Å². The molecular formula is C13H22N2O3. The molecule has 0 aliphatic heterocycles. The van der Waals surface area contributed by atoms with Crippen LogP contribution in [0.4, 0.5) is 0 Å². The minimum atomic E-state index is -0.861. The summed E-state index contributed by atoms with van der Waals surface area (Å²) in [5.74, 6) is -1.21. The predicted molar refractivity (Wildman–Crippen MR) is 68.9 cm³/mol. The summed E-state index contributed by atoms with van der Waals surface area (Å²) in [7, 11) is 0. The Bertz CT molecular complexity index is 348. The first-order chi connectivity index (χ1) is 8.45. The summed E-state index contributed by atoms with van der Waals surface area (Å²) in [6.07, 6.45) is 5.21. The van der Waals surface area contributed by atoms with Crippen molar-refractivity contribution in [3.05, 3.63) is 12.2 Å². The molecule has 0 aromatic carbocycles. The third kappa shape index (κ3) is 3.10. The fourth-order valence-electron chi connectivity index (χ4n) is 2.19. The van der Waals surface area contributed by atoms with E-state index in [0.29, 0.717) is 19.3 Å². The van der Waals surface area contributed by atoms with Gasteiger partial charge >= 0.3 is 5.97 Å². The monoisotopic (exact) mass is 254 g/mol. The van der Waals surface area contributed by atoms with Crippen molar-refractivity contribution in [2.24, 2.45) is 17.1 Å². The van der Waals surface area contributed by atoms with E-state index in [1.54, 1.807) is 6.08 Å². The van der Waals surface area contributed by atoms with Crippen molar-refractivity contribution in [3.63, 3.8) is 0 Å². The number of hydrogen-bond donors (Lipinski definition) is 3. The van der Waals surface area contributed by atoms with Gasteiger partial charge in [-0.25, -0.2) is 0 Å². The molecule has 4 N–H and O–H groups in total. The number of amides is 1. The molecule has 1 aliphatic carbocycles. The summed E-state index contributed by atoms with van der Waals surface area (Å²) in [5, 5.41) is 12.0. The van der Waals surface area contributed by atoms with Crippen LogP contribution in [0.5, 0.6) is 0 Å². The molecule has 1 rings (SSSR count). The van der Waals surface area contributed by atoms with Gasteiger partial charge in [0.15, 0.2) is 0 Å². The molecule has 18 heavy (non-hydrogen) atoms. The van der Waals surface area contributed by atoms with Crippen molar-refractivity contribution >= 4 is 11.9 Å². The van der Waals surface area contributed by atoms with Gasteiger partial charge in [0, 0.05) is 12.6 Å². The highest BCUT2D eigenvalue weighted by Crippen LogP contribution is 2.26. The van der Waals surface area contributed by atoms with Gasteiger partial charge in [-0.2, -0.15) is 0 Å². The Morgan fingerprint density at radius 2 is 2.00 bits per heavy atom. The van der Waals surface area contributed by atoms with Gasteiger partial charge in [0.2, 0.25) is 5.91 Å². The van der Waals surface area contributed by atoms with Crippen LogP contribution in [0.1, 0.15) is 33.1 Å². The van der Waals surface area contributed by atoms with E-state index in [2.05, 4.69) is 5.32 Å². The Labute approximate surface area is 107 Å². The lowest BCUT2D eigenvalue weighted by molar-refractivity contribution is -0.149. The van der Waals surface area contributed by atoms with Crippen LogP contribution in [-0.2, 0) is 9.59 Å². The van der Waals surface area contributed by atoms with Crippen molar-refractivity contribution < 1.29 is 14.7 Å². The standard InChI is InChI=1S/C13H22N2O3/c1-3-13(4-2,12(17)18)8-15-11(16)9-5-6-10(14)7-9/h5-6,9-10H,3-4,7-8,14H2,1-2H3,(H,15,16)(H,17,18). The minimum absolute atomic E-state index is 0.0673. The number of carboxylic acids is 1. The Morgan fingerprint density at radius 1 is 1.39 bits per heavy atom. The summed E-state index contributed by atoms with van der Waals surface area (Å²) in [6, 6.07) is -0.0673. The van der Waals surface area contributed by atoms with Crippen molar-refractivity contribution in [2.75, 3.05) is 6.54 Å². The van der Waals surface area contributed by atoms with E-state index in [1.807, 2.05) is 19.9 Å². The zero-order valence-corrected chi connectivity index (χ0v) is 11.0. The summed E-state index contributed by atoms with van der Waals surface area (Å²) in [5.41, 5.74) is 4.82. The van der Waals surface area contributed by atoms with Gasteiger partial charge in [-0.15, -0.1) is 0 Å². The fraction of sp³-hybridized carbons (Fsp3) is 0.692. The highest BCUT2D eigenvalue weighted by molar-refractivity contribution is 5.82. The van der Waals surface area contributed by atoms with E-state index >= 15 is 0 Å². The lowest BCUT2D eigenvalue weighted by atomic mass is 9.82. The smallest absolute Gasteiger partial charge is 0.311 e. The molecule has 0 radical (unpaired) electrons. The highest BCUT2D eigenvalue weighted by Gasteiger charge is 2.35. The third-order valence-corrected chi connectivity index (χ3v) is 3.86. The first-order valence-electron chi connectivity index (χ1n) is 6.40. The molecule has 102 valence electrons. The van der Waals surface area contributed by atoms with E-state index in [9.17, 15) is 14.7 Å².